The highest BCUT2D eigenvalue weighted by Gasteiger charge is 1.92. The van der Waals surface area contributed by atoms with Gasteiger partial charge in [-0.15, -0.1) is 0 Å². The highest BCUT2D eigenvalue weighted by Crippen LogP contribution is 1.40. The lowest BCUT2D eigenvalue weighted by atomic mass is 10.3. The molecule has 0 atom stereocenters. The zero-order valence-corrected chi connectivity index (χ0v) is 4.07. The Morgan fingerprint density at radius 1 is 1.25 bits per heavy atom. The predicted octanol–water partition coefficient (Wildman–Crippen LogP) is -3.21. The van der Waals surface area contributed by atoms with Crippen molar-refractivity contribution in [2.24, 2.45) is 11.5 Å². The van der Waals surface area contributed by atoms with E-state index in [9.17, 15) is 0 Å². The van der Waals surface area contributed by atoms with Crippen LogP contribution in [0.3, 0.4) is 0 Å². The first-order valence-corrected chi connectivity index (χ1v) is 1.60. The lowest BCUT2D eigenvalue weighted by Crippen LogP contribution is -2.20. The van der Waals surface area contributed by atoms with E-state index in [1.54, 1.807) is 0 Å². The second-order valence-corrected chi connectivity index (χ2v) is 0.802. The van der Waals surface area contributed by atoms with Gasteiger partial charge in [0.1, 0.15) is 0 Å². The molecular weight excluding hydrogens is 113 g/mol. The van der Waals surface area contributed by atoms with Crippen LogP contribution in [0.5, 0.6) is 0 Å². The molecule has 0 amide bonds. The minimum atomic E-state index is -2.17. The maximum atomic E-state index is 7.17. The van der Waals surface area contributed by atoms with Gasteiger partial charge in [0.15, 0.2) is 5.96 Å². The van der Waals surface area contributed by atoms with Gasteiger partial charge in [0, 0.05) is 0 Å². The third-order valence-corrected chi connectivity index (χ3v) is 0. The standard InChI is InChI=1S/CH5N3.BH3O3/c2*2-1(3)4/h(H5,2,3,4);2-4H. The largest absolute Gasteiger partial charge is 0.631 e. The average molecular weight is 121 g/mol. The number of guanidine groups is 1. The maximum absolute atomic E-state index is 7.17. The third-order valence-electron chi connectivity index (χ3n) is 0. The van der Waals surface area contributed by atoms with Crippen molar-refractivity contribution >= 4 is 13.3 Å². The third kappa shape index (κ3) is 150. The zero-order chi connectivity index (χ0) is 7.15. The first-order valence-electron chi connectivity index (χ1n) is 1.60. The minimum absolute atomic E-state index is 0.333. The predicted molar refractivity (Wildman–Crippen MR) is 28.5 cm³/mol. The maximum Gasteiger partial charge on any atom is 0.631 e. The van der Waals surface area contributed by atoms with Crippen molar-refractivity contribution in [3.63, 3.8) is 0 Å². The van der Waals surface area contributed by atoms with Crippen molar-refractivity contribution < 1.29 is 15.1 Å². The van der Waals surface area contributed by atoms with Crippen molar-refractivity contribution in [1.82, 2.24) is 0 Å². The van der Waals surface area contributed by atoms with Gasteiger partial charge in [-0.3, -0.25) is 5.41 Å². The van der Waals surface area contributed by atoms with Crippen LogP contribution in [0.2, 0.25) is 0 Å². The van der Waals surface area contributed by atoms with E-state index < -0.39 is 7.32 Å². The molecule has 0 bridgehead atoms. The Hall–Kier alpha value is -0.785. The molecule has 0 aliphatic heterocycles. The summed E-state index contributed by atoms with van der Waals surface area (Å²) in [5.41, 5.74) is 8.94. The smallest absolute Gasteiger partial charge is 0.402 e. The zero-order valence-electron chi connectivity index (χ0n) is 4.07. The molecule has 0 aromatic heterocycles. The Morgan fingerprint density at radius 3 is 1.25 bits per heavy atom. The number of nitrogens with one attached hydrogen (secondary N) is 1. The van der Waals surface area contributed by atoms with Crippen molar-refractivity contribution in [3.05, 3.63) is 0 Å². The van der Waals surface area contributed by atoms with Gasteiger partial charge in [-0.1, -0.05) is 0 Å². The van der Waals surface area contributed by atoms with Crippen LogP contribution in [0.15, 0.2) is 0 Å². The lowest BCUT2D eigenvalue weighted by molar-refractivity contribution is 0.278. The van der Waals surface area contributed by atoms with Gasteiger partial charge in [0.2, 0.25) is 0 Å². The molecule has 0 aromatic carbocycles. The van der Waals surface area contributed by atoms with E-state index >= 15 is 0 Å². The molecule has 0 aliphatic carbocycles. The molecule has 0 unspecified atom stereocenters. The van der Waals surface area contributed by atoms with Gasteiger partial charge >= 0.3 is 7.32 Å². The van der Waals surface area contributed by atoms with E-state index in [0.29, 0.717) is 0 Å². The van der Waals surface area contributed by atoms with Crippen LogP contribution < -0.4 is 11.5 Å². The summed E-state index contributed by atoms with van der Waals surface area (Å²) in [6, 6.07) is 0. The van der Waals surface area contributed by atoms with Crippen molar-refractivity contribution in [3.8, 4) is 0 Å². The Labute approximate surface area is 46.4 Å². The molecule has 8 heavy (non-hydrogen) atoms. The molecule has 0 saturated heterocycles. The van der Waals surface area contributed by atoms with Gasteiger partial charge in [0.05, 0.1) is 0 Å². The van der Waals surface area contributed by atoms with Gasteiger partial charge in [-0.25, -0.2) is 0 Å². The second-order valence-electron chi connectivity index (χ2n) is 0.802. The van der Waals surface area contributed by atoms with E-state index in [1.807, 2.05) is 0 Å². The van der Waals surface area contributed by atoms with E-state index in [4.69, 9.17) is 20.5 Å². The summed E-state index contributed by atoms with van der Waals surface area (Å²) in [6.07, 6.45) is 0. The Bertz CT molecular complexity index is 58.8. The fourth-order valence-electron chi connectivity index (χ4n) is 0. The highest BCUT2D eigenvalue weighted by atomic mass is 16.5. The van der Waals surface area contributed by atoms with Crippen LogP contribution in [0.1, 0.15) is 0 Å². The highest BCUT2D eigenvalue weighted by molar-refractivity contribution is 6.30. The Morgan fingerprint density at radius 2 is 1.25 bits per heavy atom. The van der Waals surface area contributed by atoms with Crippen molar-refractivity contribution in [2.75, 3.05) is 0 Å². The van der Waals surface area contributed by atoms with Gasteiger partial charge < -0.3 is 26.5 Å². The number of rotatable bonds is 0. The van der Waals surface area contributed by atoms with Crippen molar-refractivity contribution in [1.29, 1.82) is 5.41 Å². The van der Waals surface area contributed by atoms with E-state index in [-0.39, 0.29) is 5.96 Å². The summed E-state index contributed by atoms with van der Waals surface area (Å²) in [5.74, 6) is -0.333. The van der Waals surface area contributed by atoms with Crippen LogP contribution in [-0.2, 0) is 0 Å². The van der Waals surface area contributed by atoms with Crippen LogP contribution in [0.4, 0.5) is 0 Å². The number of hydrogen-bond acceptors (Lipinski definition) is 4. The summed E-state index contributed by atoms with van der Waals surface area (Å²) in [5, 5.41) is 27.6. The van der Waals surface area contributed by atoms with E-state index in [2.05, 4.69) is 11.5 Å². The van der Waals surface area contributed by atoms with Crippen LogP contribution in [-0.4, -0.2) is 28.4 Å². The normalized spacial score (nSPS) is 6.38. The molecule has 0 aliphatic rings. The topological polar surface area (TPSA) is 137 Å². The van der Waals surface area contributed by atoms with Crippen LogP contribution in [0.25, 0.3) is 0 Å². The van der Waals surface area contributed by atoms with Crippen LogP contribution >= 0.6 is 0 Å². The molecular formula is CH8BN3O3. The fraction of sp³-hybridized carbons (Fsp3) is 0. The summed E-state index contributed by atoms with van der Waals surface area (Å²) < 4.78 is 0. The monoisotopic (exact) mass is 121 g/mol. The average Bonchev–Trinajstić information content (AvgIpc) is 1.25. The molecule has 48 valence electrons. The SMILES string of the molecule is N=C(N)N.OB(O)O. The van der Waals surface area contributed by atoms with Crippen molar-refractivity contribution in [2.45, 2.75) is 0 Å². The molecule has 0 saturated carbocycles. The number of hydrogen-bond donors (Lipinski definition) is 6. The number of nitrogens with two attached hydrogens (primary N) is 2. The molecule has 0 spiro atoms. The fourth-order valence-corrected chi connectivity index (χ4v) is 0. The molecule has 0 aromatic rings. The molecule has 0 heterocycles. The Kier molecular flexibility index (Phi) is 7.96. The quantitative estimate of drug-likeness (QED) is 0.114. The first-order chi connectivity index (χ1) is 3.46. The minimum Gasteiger partial charge on any atom is -0.402 e. The molecule has 7 heteroatoms. The van der Waals surface area contributed by atoms with E-state index in [0.717, 1.165) is 0 Å². The summed E-state index contributed by atoms with van der Waals surface area (Å²) in [6.45, 7) is 0. The lowest BCUT2D eigenvalue weighted by Gasteiger charge is -1.69. The van der Waals surface area contributed by atoms with E-state index in [1.165, 1.54) is 0 Å². The summed E-state index contributed by atoms with van der Waals surface area (Å²) >= 11 is 0. The summed E-state index contributed by atoms with van der Waals surface area (Å²) in [4.78, 5) is 0. The molecule has 8 N–H and O–H groups in total. The summed E-state index contributed by atoms with van der Waals surface area (Å²) in [7, 11) is -2.17. The second kappa shape index (κ2) is 6.21. The van der Waals surface area contributed by atoms with Crippen LogP contribution in [0, 0.1) is 5.41 Å². The first kappa shape index (κ1) is 10.2. The Balaban J connectivity index is 0. The van der Waals surface area contributed by atoms with Gasteiger partial charge in [-0.05, 0) is 0 Å². The molecule has 0 rings (SSSR count). The van der Waals surface area contributed by atoms with Gasteiger partial charge in [-0.2, -0.15) is 0 Å². The molecule has 0 fully saturated rings. The van der Waals surface area contributed by atoms with Gasteiger partial charge in [0.25, 0.3) is 0 Å². The molecule has 6 nitrogen and oxygen atoms in total. The molecule has 0 radical (unpaired) electrons.